The molecule has 30 heavy (non-hydrogen) atoms. The van der Waals surface area contributed by atoms with Gasteiger partial charge in [0.15, 0.2) is 0 Å². The van der Waals surface area contributed by atoms with Crippen LogP contribution in [-0.2, 0) is 6.18 Å². The van der Waals surface area contributed by atoms with Gasteiger partial charge in [-0.3, -0.25) is 4.79 Å². The van der Waals surface area contributed by atoms with Crippen molar-refractivity contribution in [1.82, 2.24) is 4.90 Å². The molecule has 0 atom stereocenters. The van der Waals surface area contributed by atoms with E-state index < -0.39 is 17.6 Å². The van der Waals surface area contributed by atoms with Crippen molar-refractivity contribution in [2.45, 2.75) is 33.1 Å². The molecule has 0 radical (unpaired) electrons. The number of likely N-dealkylation sites (N-methyl/N-ethyl adjacent to an activating group) is 1. The lowest BCUT2D eigenvalue weighted by Crippen LogP contribution is -2.21. The van der Waals surface area contributed by atoms with E-state index >= 15 is 0 Å². The predicted octanol–water partition coefficient (Wildman–Crippen LogP) is 4.99. The Kier molecular flexibility index (Phi) is 7.72. The van der Waals surface area contributed by atoms with Crippen LogP contribution in [-0.4, -0.2) is 44.2 Å². The first kappa shape index (κ1) is 23.5. The van der Waals surface area contributed by atoms with Gasteiger partial charge in [0.2, 0.25) is 0 Å². The Morgan fingerprint density at radius 1 is 1.13 bits per heavy atom. The maximum atomic E-state index is 13.2. The van der Waals surface area contributed by atoms with Crippen molar-refractivity contribution in [2.75, 3.05) is 32.6 Å². The number of amides is 1. The first-order chi connectivity index (χ1) is 14.0. The normalized spacial score (nSPS) is 11.7. The molecular formula is C22H27F3N2O3. The van der Waals surface area contributed by atoms with Gasteiger partial charge in [-0.15, -0.1) is 0 Å². The summed E-state index contributed by atoms with van der Waals surface area (Å²) in [6.45, 7) is 5.97. The van der Waals surface area contributed by atoms with Crippen molar-refractivity contribution in [2.24, 2.45) is 0 Å². The molecular weight excluding hydrogens is 397 g/mol. The number of rotatable bonds is 8. The van der Waals surface area contributed by atoms with Crippen molar-refractivity contribution in [3.8, 4) is 11.5 Å². The van der Waals surface area contributed by atoms with E-state index in [9.17, 15) is 18.0 Å². The Hall–Kier alpha value is -2.74. The Morgan fingerprint density at radius 3 is 2.40 bits per heavy atom. The van der Waals surface area contributed by atoms with Crippen LogP contribution in [0.25, 0.3) is 0 Å². The van der Waals surface area contributed by atoms with Gasteiger partial charge < -0.3 is 19.7 Å². The fourth-order valence-corrected chi connectivity index (χ4v) is 2.74. The number of nitrogens with zero attached hydrogens (tertiary/aromatic N) is 1. The highest BCUT2D eigenvalue weighted by atomic mass is 19.4. The number of alkyl halides is 3. The van der Waals surface area contributed by atoms with Crippen molar-refractivity contribution in [1.29, 1.82) is 0 Å². The molecule has 0 fully saturated rings. The third-order valence-corrected chi connectivity index (χ3v) is 4.17. The summed E-state index contributed by atoms with van der Waals surface area (Å²) in [5, 5.41) is 2.54. The smallest absolute Gasteiger partial charge is 0.416 e. The quantitative estimate of drug-likeness (QED) is 0.648. The van der Waals surface area contributed by atoms with E-state index in [4.69, 9.17) is 9.47 Å². The standard InChI is InChI=1S/C22H27F3N2O3/c1-14(2)30-19-8-6-7-18(29-12-11-27(4)5)20(19)21(28)26-16-10-9-15(3)17(13-16)22(23,24)25/h6-10,13-14H,11-12H2,1-5H3,(H,26,28). The van der Waals surface area contributed by atoms with Crippen LogP contribution in [0.5, 0.6) is 11.5 Å². The van der Waals surface area contributed by atoms with Crippen molar-refractivity contribution >= 4 is 11.6 Å². The zero-order valence-electron chi connectivity index (χ0n) is 17.8. The molecule has 1 amide bonds. The topological polar surface area (TPSA) is 50.8 Å². The summed E-state index contributed by atoms with van der Waals surface area (Å²) in [4.78, 5) is 14.9. The van der Waals surface area contributed by atoms with Gasteiger partial charge in [-0.25, -0.2) is 0 Å². The molecule has 2 aromatic rings. The van der Waals surface area contributed by atoms with Crippen LogP contribution in [0.15, 0.2) is 36.4 Å². The summed E-state index contributed by atoms with van der Waals surface area (Å²) in [7, 11) is 3.79. The van der Waals surface area contributed by atoms with Gasteiger partial charge in [0, 0.05) is 12.2 Å². The zero-order valence-corrected chi connectivity index (χ0v) is 17.8. The minimum Gasteiger partial charge on any atom is -0.491 e. The molecule has 0 unspecified atom stereocenters. The van der Waals surface area contributed by atoms with Gasteiger partial charge >= 0.3 is 6.18 Å². The molecule has 0 bridgehead atoms. The van der Waals surface area contributed by atoms with Crippen LogP contribution < -0.4 is 14.8 Å². The number of anilines is 1. The van der Waals surface area contributed by atoms with E-state index in [0.717, 1.165) is 6.07 Å². The number of hydrogen-bond acceptors (Lipinski definition) is 4. The molecule has 0 aliphatic rings. The van der Waals surface area contributed by atoms with E-state index in [1.807, 2.05) is 32.8 Å². The van der Waals surface area contributed by atoms with E-state index in [1.54, 1.807) is 18.2 Å². The number of hydrogen-bond donors (Lipinski definition) is 1. The largest absolute Gasteiger partial charge is 0.491 e. The molecule has 164 valence electrons. The SMILES string of the molecule is Cc1ccc(NC(=O)c2c(OCCN(C)C)cccc2OC(C)C)cc1C(F)(F)F. The molecule has 0 aliphatic heterocycles. The molecule has 0 heterocycles. The summed E-state index contributed by atoms with van der Waals surface area (Å²) in [6.07, 6.45) is -4.71. The molecule has 0 saturated heterocycles. The minimum atomic E-state index is -4.51. The fourth-order valence-electron chi connectivity index (χ4n) is 2.74. The van der Waals surface area contributed by atoms with Crippen LogP contribution in [0.1, 0.15) is 35.3 Å². The average Bonchev–Trinajstić information content (AvgIpc) is 2.61. The second-order valence-corrected chi connectivity index (χ2v) is 7.43. The van der Waals surface area contributed by atoms with Crippen LogP contribution >= 0.6 is 0 Å². The van der Waals surface area contributed by atoms with Gasteiger partial charge in [-0.1, -0.05) is 12.1 Å². The van der Waals surface area contributed by atoms with Crippen LogP contribution in [0.4, 0.5) is 18.9 Å². The lowest BCUT2D eigenvalue weighted by Gasteiger charge is -2.19. The maximum Gasteiger partial charge on any atom is 0.416 e. The number of ether oxygens (including phenoxy) is 2. The monoisotopic (exact) mass is 424 g/mol. The Bertz CT molecular complexity index is 880. The number of benzene rings is 2. The molecule has 1 N–H and O–H groups in total. The molecule has 0 aliphatic carbocycles. The average molecular weight is 424 g/mol. The first-order valence-electron chi connectivity index (χ1n) is 9.55. The molecule has 5 nitrogen and oxygen atoms in total. The fraction of sp³-hybridized carbons (Fsp3) is 0.409. The summed E-state index contributed by atoms with van der Waals surface area (Å²) in [5.74, 6) is -0.00764. The second kappa shape index (κ2) is 9.84. The lowest BCUT2D eigenvalue weighted by atomic mass is 10.1. The molecule has 2 aromatic carbocycles. The molecule has 0 aromatic heterocycles. The Labute approximate surface area is 174 Å². The van der Waals surface area contributed by atoms with Crippen LogP contribution in [0.3, 0.4) is 0 Å². The number of aryl methyl sites for hydroxylation is 1. The first-order valence-corrected chi connectivity index (χ1v) is 9.55. The molecule has 0 saturated carbocycles. The summed E-state index contributed by atoms with van der Waals surface area (Å²) in [5.41, 5.74) is -0.540. The summed E-state index contributed by atoms with van der Waals surface area (Å²) < 4.78 is 51.1. The van der Waals surface area contributed by atoms with Gasteiger partial charge in [-0.2, -0.15) is 13.2 Å². The Balaban J connectivity index is 2.37. The van der Waals surface area contributed by atoms with Gasteiger partial charge in [0.1, 0.15) is 23.7 Å². The van der Waals surface area contributed by atoms with Gasteiger partial charge in [0.25, 0.3) is 5.91 Å². The van der Waals surface area contributed by atoms with Crippen molar-refractivity contribution in [3.05, 3.63) is 53.1 Å². The zero-order chi connectivity index (χ0) is 22.5. The van der Waals surface area contributed by atoms with E-state index in [-0.39, 0.29) is 22.9 Å². The van der Waals surface area contributed by atoms with Crippen molar-refractivity contribution in [3.63, 3.8) is 0 Å². The van der Waals surface area contributed by atoms with Crippen LogP contribution in [0.2, 0.25) is 0 Å². The Morgan fingerprint density at radius 2 is 1.80 bits per heavy atom. The van der Waals surface area contributed by atoms with Gasteiger partial charge in [0.05, 0.1) is 11.7 Å². The lowest BCUT2D eigenvalue weighted by molar-refractivity contribution is -0.138. The number of carbonyl (C=O) groups is 1. The third kappa shape index (κ3) is 6.38. The highest BCUT2D eigenvalue weighted by Gasteiger charge is 2.32. The van der Waals surface area contributed by atoms with Crippen molar-refractivity contribution < 1.29 is 27.4 Å². The number of carbonyl (C=O) groups excluding carboxylic acids is 1. The summed E-state index contributed by atoms with van der Waals surface area (Å²) >= 11 is 0. The minimum absolute atomic E-state index is 0.0384. The van der Waals surface area contributed by atoms with Gasteiger partial charge in [-0.05, 0) is 64.7 Å². The molecule has 0 spiro atoms. The maximum absolute atomic E-state index is 13.2. The van der Waals surface area contributed by atoms with E-state index in [2.05, 4.69) is 5.32 Å². The highest BCUT2D eigenvalue weighted by Crippen LogP contribution is 2.34. The van der Waals surface area contributed by atoms with E-state index in [1.165, 1.54) is 19.1 Å². The predicted molar refractivity (Wildman–Crippen MR) is 110 cm³/mol. The molecule has 2 rings (SSSR count). The number of nitrogens with one attached hydrogen (secondary N) is 1. The van der Waals surface area contributed by atoms with Crippen LogP contribution in [0, 0.1) is 6.92 Å². The number of halogens is 3. The highest BCUT2D eigenvalue weighted by molar-refractivity contribution is 6.08. The second-order valence-electron chi connectivity index (χ2n) is 7.43. The summed E-state index contributed by atoms with van der Waals surface area (Å²) in [6, 6.07) is 8.64. The van der Waals surface area contributed by atoms with E-state index in [0.29, 0.717) is 24.7 Å². The third-order valence-electron chi connectivity index (χ3n) is 4.17. The molecule has 8 heteroatoms.